The maximum Gasteiger partial charge on any atom is 0.267 e. The molecule has 1 aromatic carbocycles. The Kier molecular flexibility index (Phi) is 4.87. The highest BCUT2D eigenvalue weighted by Gasteiger charge is 2.16. The summed E-state index contributed by atoms with van der Waals surface area (Å²) in [6, 6.07) is 6.86. The number of amides is 1. The summed E-state index contributed by atoms with van der Waals surface area (Å²) in [6.07, 6.45) is 0. The van der Waals surface area contributed by atoms with Crippen LogP contribution in [-0.4, -0.2) is 35.3 Å². The van der Waals surface area contributed by atoms with Crippen LogP contribution in [0.25, 0.3) is 22.8 Å². The number of oxazole rings is 1. The third-order valence-electron chi connectivity index (χ3n) is 3.30. The zero-order chi connectivity index (χ0) is 17.8. The Morgan fingerprint density at radius 2 is 2.16 bits per heavy atom. The van der Waals surface area contributed by atoms with Crippen LogP contribution in [0.15, 0.2) is 33.2 Å². The summed E-state index contributed by atoms with van der Waals surface area (Å²) in [5, 5.41) is 6.55. The van der Waals surface area contributed by atoms with Gasteiger partial charge >= 0.3 is 0 Å². The number of ether oxygens (including phenoxy) is 2. The van der Waals surface area contributed by atoms with E-state index in [1.54, 1.807) is 18.2 Å². The Morgan fingerprint density at radius 3 is 2.92 bits per heavy atom. The second kappa shape index (κ2) is 7.25. The molecule has 0 saturated heterocycles. The van der Waals surface area contributed by atoms with Crippen molar-refractivity contribution in [2.75, 3.05) is 13.2 Å². The molecule has 0 saturated carbocycles. The largest absolute Gasteiger partial charge is 0.494 e. The van der Waals surface area contributed by atoms with Crippen LogP contribution in [0.3, 0.4) is 0 Å². The number of rotatable bonds is 7. The molecule has 8 nitrogen and oxygen atoms in total. The first kappa shape index (κ1) is 16.8. The molecular weight excluding hydrogens is 326 g/mol. The lowest BCUT2D eigenvalue weighted by atomic mass is 10.3. The smallest absolute Gasteiger partial charge is 0.267 e. The van der Waals surface area contributed by atoms with E-state index in [9.17, 15) is 4.79 Å². The molecule has 0 aliphatic heterocycles. The topological polar surface area (TPSA) is 99.6 Å². The molecule has 0 unspecified atom stereocenters. The van der Waals surface area contributed by atoms with E-state index in [1.807, 2.05) is 19.9 Å². The molecule has 2 heterocycles. The SMILES string of the molecule is CCOc1ccc2oc(-c3cc(OC[C@H](C)NC(C)=O)no3)nc2c1. The molecule has 3 rings (SSSR count). The number of hydrogen-bond donors (Lipinski definition) is 1. The quantitative estimate of drug-likeness (QED) is 0.703. The Balaban J connectivity index is 1.71. The zero-order valence-corrected chi connectivity index (χ0v) is 14.2. The average Bonchev–Trinajstić information content (AvgIpc) is 3.18. The number of benzene rings is 1. The third kappa shape index (κ3) is 4.09. The van der Waals surface area contributed by atoms with Crippen LogP contribution in [-0.2, 0) is 4.79 Å². The zero-order valence-electron chi connectivity index (χ0n) is 14.2. The van der Waals surface area contributed by atoms with E-state index < -0.39 is 0 Å². The highest BCUT2D eigenvalue weighted by Crippen LogP contribution is 2.28. The van der Waals surface area contributed by atoms with Crippen molar-refractivity contribution >= 4 is 17.0 Å². The second-order valence-electron chi connectivity index (χ2n) is 5.52. The van der Waals surface area contributed by atoms with Crippen LogP contribution in [0, 0.1) is 0 Å². The number of nitrogens with one attached hydrogen (secondary N) is 1. The molecule has 0 aliphatic rings. The lowest BCUT2D eigenvalue weighted by molar-refractivity contribution is -0.119. The summed E-state index contributed by atoms with van der Waals surface area (Å²) in [4.78, 5) is 15.4. The maximum absolute atomic E-state index is 11.0. The Hall–Kier alpha value is -3.03. The van der Waals surface area contributed by atoms with Crippen molar-refractivity contribution in [3.63, 3.8) is 0 Å². The fourth-order valence-corrected chi connectivity index (χ4v) is 2.30. The minimum atomic E-state index is -0.140. The number of carbonyl (C=O) groups excluding carboxylic acids is 1. The predicted octanol–water partition coefficient (Wildman–Crippen LogP) is 2.78. The van der Waals surface area contributed by atoms with Gasteiger partial charge in [0.1, 0.15) is 17.9 Å². The second-order valence-corrected chi connectivity index (χ2v) is 5.52. The van der Waals surface area contributed by atoms with Gasteiger partial charge in [0.05, 0.1) is 18.7 Å². The van der Waals surface area contributed by atoms with Gasteiger partial charge < -0.3 is 23.7 Å². The lowest BCUT2D eigenvalue weighted by Crippen LogP contribution is -2.35. The monoisotopic (exact) mass is 345 g/mol. The first-order chi connectivity index (χ1) is 12.0. The van der Waals surface area contributed by atoms with E-state index in [2.05, 4.69) is 15.5 Å². The maximum atomic E-state index is 11.0. The molecule has 8 heteroatoms. The van der Waals surface area contributed by atoms with Crippen molar-refractivity contribution in [1.29, 1.82) is 0 Å². The van der Waals surface area contributed by atoms with E-state index in [0.717, 1.165) is 5.75 Å². The first-order valence-corrected chi connectivity index (χ1v) is 7.95. The van der Waals surface area contributed by atoms with Gasteiger partial charge in [0.25, 0.3) is 11.8 Å². The van der Waals surface area contributed by atoms with Gasteiger partial charge in [0.15, 0.2) is 5.58 Å². The summed E-state index contributed by atoms with van der Waals surface area (Å²) in [6.45, 7) is 6.06. The molecule has 0 fully saturated rings. The molecule has 1 amide bonds. The summed E-state index contributed by atoms with van der Waals surface area (Å²) < 4.78 is 21.8. The first-order valence-electron chi connectivity index (χ1n) is 7.95. The molecule has 2 aromatic heterocycles. The highest BCUT2D eigenvalue weighted by molar-refractivity contribution is 5.77. The Morgan fingerprint density at radius 1 is 1.32 bits per heavy atom. The van der Waals surface area contributed by atoms with E-state index >= 15 is 0 Å². The van der Waals surface area contributed by atoms with Crippen LogP contribution in [0.5, 0.6) is 11.6 Å². The van der Waals surface area contributed by atoms with Crippen molar-refractivity contribution < 1.29 is 23.2 Å². The summed E-state index contributed by atoms with van der Waals surface area (Å²) in [7, 11) is 0. The molecule has 0 aliphatic carbocycles. The van der Waals surface area contributed by atoms with Crippen molar-refractivity contribution in [2.45, 2.75) is 26.8 Å². The standard InChI is InChI=1S/C17H19N3O5/c1-4-22-12-5-6-14-13(7-12)19-17(24-14)15-8-16(20-25-15)23-9-10(2)18-11(3)21/h5-8,10H,4,9H2,1-3H3,(H,18,21)/t10-/m0/s1. The van der Waals surface area contributed by atoms with Crippen molar-refractivity contribution in [3.8, 4) is 23.3 Å². The van der Waals surface area contributed by atoms with Gasteiger partial charge in [0, 0.05) is 13.0 Å². The van der Waals surface area contributed by atoms with Crippen molar-refractivity contribution in [3.05, 3.63) is 24.3 Å². The fourth-order valence-electron chi connectivity index (χ4n) is 2.30. The van der Waals surface area contributed by atoms with Crippen LogP contribution >= 0.6 is 0 Å². The van der Waals surface area contributed by atoms with Gasteiger partial charge in [-0.15, -0.1) is 0 Å². The van der Waals surface area contributed by atoms with Gasteiger partial charge in [0.2, 0.25) is 11.7 Å². The van der Waals surface area contributed by atoms with E-state index in [4.69, 9.17) is 18.4 Å². The van der Waals surface area contributed by atoms with E-state index in [0.29, 0.717) is 35.2 Å². The molecule has 0 radical (unpaired) electrons. The Labute approximate surface area is 144 Å². The molecule has 1 N–H and O–H groups in total. The molecule has 0 spiro atoms. The minimum Gasteiger partial charge on any atom is -0.494 e. The van der Waals surface area contributed by atoms with Crippen molar-refractivity contribution in [2.24, 2.45) is 0 Å². The van der Waals surface area contributed by atoms with Crippen LogP contribution < -0.4 is 14.8 Å². The van der Waals surface area contributed by atoms with Gasteiger partial charge in [-0.2, -0.15) is 0 Å². The fraction of sp³-hybridized carbons (Fsp3) is 0.353. The van der Waals surface area contributed by atoms with E-state index in [-0.39, 0.29) is 18.6 Å². The van der Waals surface area contributed by atoms with Gasteiger partial charge in [-0.3, -0.25) is 4.79 Å². The predicted molar refractivity (Wildman–Crippen MR) is 89.4 cm³/mol. The summed E-state index contributed by atoms with van der Waals surface area (Å²) in [5.41, 5.74) is 1.29. The molecule has 1 atom stereocenters. The number of hydrogen-bond acceptors (Lipinski definition) is 7. The van der Waals surface area contributed by atoms with Crippen LogP contribution in [0.2, 0.25) is 0 Å². The molecule has 132 valence electrons. The van der Waals surface area contributed by atoms with Crippen molar-refractivity contribution in [1.82, 2.24) is 15.5 Å². The number of fused-ring (bicyclic) bond motifs is 1. The molecule has 25 heavy (non-hydrogen) atoms. The number of carbonyl (C=O) groups is 1. The van der Waals surface area contributed by atoms with Crippen LogP contribution in [0.4, 0.5) is 0 Å². The summed E-state index contributed by atoms with van der Waals surface area (Å²) in [5.74, 6) is 1.57. The van der Waals surface area contributed by atoms with E-state index in [1.165, 1.54) is 6.92 Å². The number of aromatic nitrogens is 2. The molecular formula is C17H19N3O5. The van der Waals surface area contributed by atoms with Gasteiger partial charge in [-0.05, 0) is 31.1 Å². The third-order valence-corrected chi connectivity index (χ3v) is 3.30. The summed E-state index contributed by atoms with van der Waals surface area (Å²) >= 11 is 0. The van der Waals surface area contributed by atoms with Gasteiger partial charge in [-0.25, -0.2) is 4.98 Å². The highest BCUT2D eigenvalue weighted by atomic mass is 16.5. The molecule has 0 bridgehead atoms. The lowest BCUT2D eigenvalue weighted by Gasteiger charge is -2.11. The normalized spacial score (nSPS) is 12.1. The Bertz CT molecular complexity index is 870. The minimum absolute atomic E-state index is 0.116. The van der Waals surface area contributed by atoms with Gasteiger partial charge in [-0.1, -0.05) is 0 Å². The molecule has 3 aromatic rings. The average molecular weight is 345 g/mol. The number of nitrogens with zero attached hydrogens (tertiary/aromatic N) is 2. The van der Waals surface area contributed by atoms with Crippen LogP contribution in [0.1, 0.15) is 20.8 Å².